The van der Waals surface area contributed by atoms with E-state index in [4.69, 9.17) is 4.74 Å². The van der Waals surface area contributed by atoms with Crippen LogP contribution in [0.25, 0.3) is 11.0 Å². The van der Waals surface area contributed by atoms with Crippen molar-refractivity contribution in [3.8, 4) is 5.75 Å². The van der Waals surface area contributed by atoms with Crippen LogP contribution in [-0.2, 0) is 0 Å². The summed E-state index contributed by atoms with van der Waals surface area (Å²) in [6.45, 7) is 1.67. The lowest BCUT2D eigenvalue weighted by Crippen LogP contribution is -2.12. The summed E-state index contributed by atoms with van der Waals surface area (Å²) in [6.07, 6.45) is 0. The second-order valence-corrected chi connectivity index (χ2v) is 3.98. The molecule has 0 aliphatic carbocycles. The summed E-state index contributed by atoms with van der Waals surface area (Å²) < 4.78 is 5.99. The molecular formula is C10H9BrN2O2. The molecule has 1 heterocycles. The Kier molecular flexibility index (Phi) is 2.48. The summed E-state index contributed by atoms with van der Waals surface area (Å²) in [6, 6.07) is 3.66. The summed E-state index contributed by atoms with van der Waals surface area (Å²) in [5.41, 5.74) is 1.58. The van der Waals surface area contributed by atoms with Crippen LogP contribution in [0.4, 0.5) is 0 Å². The molecule has 5 heteroatoms. The number of halogens is 1. The van der Waals surface area contributed by atoms with Crippen molar-refractivity contribution in [3.05, 3.63) is 32.7 Å². The first-order valence-electron chi connectivity index (χ1n) is 4.36. The molecule has 1 aromatic carbocycles. The second-order valence-electron chi connectivity index (χ2n) is 3.13. The molecule has 2 aromatic rings. The second kappa shape index (κ2) is 3.66. The van der Waals surface area contributed by atoms with E-state index in [9.17, 15) is 4.79 Å². The van der Waals surface area contributed by atoms with Crippen molar-refractivity contribution >= 4 is 27.0 Å². The van der Waals surface area contributed by atoms with Gasteiger partial charge in [0.2, 0.25) is 0 Å². The number of aromatic nitrogens is 2. The van der Waals surface area contributed by atoms with Gasteiger partial charge < -0.3 is 9.72 Å². The number of H-pyrrole nitrogens is 1. The van der Waals surface area contributed by atoms with E-state index in [1.807, 2.05) is 12.1 Å². The number of hydrogen-bond donors (Lipinski definition) is 1. The van der Waals surface area contributed by atoms with E-state index in [2.05, 4.69) is 25.9 Å². The third-order valence-electron chi connectivity index (χ3n) is 2.15. The Labute approximate surface area is 94.4 Å². The molecule has 0 unspecified atom stereocenters. The van der Waals surface area contributed by atoms with Crippen LogP contribution in [0.5, 0.6) is 5.75 Å². The number of fused-ring (bicyclic) bond motifs is 1. The zero-order valence-electron chi connectivity index (χ0n) is 8.30. The largest absolute Gasteiger partial charge is 0.493 e. The van der Waals surface area contributed by atoms with Crippen molar-refractivity contribution in [2.24, 2.45) is 0 Å². The first-order chi connectivity index (χ1) is 7.13. The predicted octanol–water partition coefficient (Wildman–Crippen LogP) is 2.00. The highest BCUT2D eigenvalue weighted by molar-refractivity contribution is 9.10. The molecule has 0 atom stereocenters. The topological polar surface area (TPSA) is 55.0 Å². The number of ether oxygens (including phenoxy) is 1. The summed E-state index contributed by atoms with van der Waals surface area (Å²) in [5, 5.41) is 0. The molecule has 0 saturated carbocycles. The zero-order valence-corrected chi connectivity index (χ0v) is 9.88. The Balaban J connectivity index is 2.92. The van der Waals surface area contributed by atoms with Crippen LogP contribution >= 0.6 is 15.9 Å². The third kappa shape index (κ3) is 1.63. The SMILES string of the molecule is COc1c(Br)ccc2nc(C)c(=O)[nH]c12. The molecule has 4 nitrogen and oxygen atoms in total. The number of aromatic amines is 1. The normalized spacial score (nSPS) is 10.6. The van der Waals surface area contributed by atoms with Crippen LogP contribution < -0.4 is 10.3 Å². The number of nitrogens with zero attached hydrogens (tertiary/aromatic N) is 1. The third-order valence-corrected chi connectivity index (χ3v) is 2.77. The Hall–Kier alpha value is -1.36. The highest BCUT2D eigenvalue weighted by Crippen LogP contribution is 2.30. The number of aryl methyl sites for hydroxylation is 1. The quantitative estimate of drug-likeness (QED) is 0.861. The Morgan fingerprint density at radius 2 is 2.20 bits per heavy atom. The number of nitrogens with one attached hydrogen (secondary N) is 1. The summed E-state index contributed by atoms with van der Waals surface area (Å²) in [4.78, 5) is 18.3. The molecule has 0 bridgehead atoms. The number of benzene rings is 1. The molecular weight excluding hydrogens is 260 g/mol. The smallest absolute Gasteiger partial charge is 0.269 e. The fraction of sp³-hybridized carbons (Fsp3) is 0.200. The lowest BCUT2D eigenvalue weighted by atomic mass is 10.2. The van der Waals surface area contributed by atoms with Gasteiger partial charge in [-0.2, -0.15) is 0 Å². The summed E-state index contributed by atoms with van der Waals surface area (Å²) in [5.74, 6) is 0.595. The van der Waals surface area contributed by atoms with Gasteiger partial charge in [0.15, 0.2) is 5.75 Å². The van der Waals surface area contributed by atoms with E-state index >= 15 is 0 Å². The minimum atomic E-state index is -0.195. The average Bonchev–Trinajstić information content (AvgIpc) is 2.21. The average molecular weight is 269 g/mol. The molecule has 0 fully saturated rings. The van der Waals surface area contributed by atoms with Crippen LogP contribution in [-0.4, -0.2) is 17.1 Å². The molecule has 1 aromatic heterocycles. The van der Waals surface area contributed by atoms with E-state index in [1.165, 1.54) is 0 Å². The van der Waals surface area contributed by atoms with Crippen molar-refractivity contribution in [2.75, 3.05) is 7.11 Å². The molecule has 1 N–H and O–H groups in total. The van der Waals surface area contributed by atoms with Gasteiger partial charge in [0.25, 0.3) is 5.56 Å². The number of hydrogen-bond acceptors (Lipinski definition) is 3. The van der Waals surface area contributed by atoms with Gasteiger partial charge in [0.1, 0.15) is 11.2 Å². The molecule has 15 heavy (non-hydrogen) atoms. The first kappa shape index (κ1) is 10.2. The predicted molar refractivity (Wildman–Crippen MR) is 61.4 cm³/mol. The summed E-state index contributed by atoms with van der Waals surface area (Å²) in [7, 11) is 1.55. The zero-order chi connectivity index (χ0) is 11.0. The van der Waals surface area contributed by atoms with Gasteiger partial charge >= 0.3 is 0 Å². The lowest BCUT2D eigenvalue weighted by molar-refractivity contribution is 0.416. The first-order valence-corrected chi connectivity index (χ1v) is 5.16. The molecule has 0 amide bonds. The Morgan fingerprint density at radius 1 is 1.47 bits per heavy atom. The highest BCUT2D eigenvalue weighted by atomic mass is 79.9. The Bertz CT molecular complexity index is 577. The highest BCUT2D eigenvalue weighted by Gasteiger charge is 2.09. The van der Waals surface area contributed by atoms with Gasteiger partial charge in [-0.3, -0.25) is 4.79 Å². The maximum atomic E-state index is 11.4. The molecule has 0 radical (unpaired) electrons. The minimum Gasteiger partial charge on any atom is -0.493 e. The fourth-order valence-electron chi connectivity index (χ4n) is 1.40. The van der Waals surface area contributed by atoms with Crippen molar-refractivity contribution in [1.29, 1.82) is 0 Å². The van der Waals surface area contributed by atoms with Gasteiger partial charge in [-0.25, -0.2) is 4.98 Å². The van der Waals surface area contributed by atoms with Crippen molar-refractivity contribution in [1.82, 2.24) is 9.97 Å². The van der Waals surface area contributed by atoms with E-state index in [-0.39, 0.29) is 5.56 Å². The van der Waals surface area contributed by atoms with Crippen molar-refractivity contribution in [2.45, 2.75) is 6.92 Å². The van der Waals surface area contributed by atoms with Crippen molar-refractivity contribution in [3.63, 3.8) is 0 Å². The van der Waals surface area contributed by atoms with Gasteiger partial charge in [-0.15, -0.1) is 0 Å². The van der Waals surface area contributed by atoms with Gasteiger partial charge in [0.05, 0.1) is 17.1 Å². The van der Waals surface area contributed by atoms with E-state index in [0.29, 0.717) is 22.5 Å². The molecule has 0 aliphatic rings. The van der Waals surface area contributed by atoms with E-state index in [1.54, 1.807) is 14.0 Å². The maximum absolute atomic E-state index is 11.4. The molecule has 0 saturated heterocycles. The standard InChI is InChI=1S/C10H9BrN2O2/c1-5-10(14)13-8-7(12-5)4-3-6(11)9(8)15-2/h3-4H,1-2H3,(H,13,14). The van der Waals surface area contributed by atoms with Crippen LogP contribution in [0.1, 0.15) is 5.69 Å². The molecule has 2 rings (SSSR count). The van der Waals surface area contributed by atoms with Gasteiger partial charge in [-0.05, 0) is 35.0 Å². The molecule has 0 spiro atoms. The Morgan fingerprint density at radius 3 is 2.87 bits per heavy atom. The van der Waals surface area contributed by atoms with Crippen LogP contribution in [0.3, 0.4) is 0 Å². The minimum absolute atomic E-state index is 0.195. The maximum Gasteiger partial charge on any atom is 0.269 e. The van der Waals surface area contributed by atoms with Crippen LogP contribution in [0.2, 0.25) is 0 Å². The number of rotatable bonds is 1. The lowest BCUT2D eigenvalue weighted by Gasteiger charge is -2.06. The molecule has 78 valence electrons. The van der Waals surface area contributed by atoms with Crippen molar-refractivity contribution < 1.29 is 4.74 Å². The van der Waals surface area contributed by atoms with E-state index in [0.717, 1.165) is 4.47 Å². The van der Waals surface area contributed by atoms with Gasteiger partial charge in [-0.1, -0.05) is 0 Å². The number of methoxy groups -OCH3 is 1. The molecule has 0 aliphatic heterocycles. The van der Waals surface area contributed by atoms with Crippen LogP contribution in [0, 0.1) is 6.92 Å². The van der Waals surface area contributed by atoms with E-state index < -0.39 is 0 Å². The fourth-order valence-corrected chi connectivity index (χ4v) is 1.89. The van der Waals surface area contributed by atoms with Gasteiger partial charge in [0, 0.05) is 0 Å². The summed E-state index contributed by atoms with van der Waals surface area (Å²) >= 11 is 3.35. The monoisotopic (exact) mass is 268 g/mol. The van der Waals surface area contributed by atoms with Crippen LogP contribution in [0.15, 0.2) is 21.4 Å².